The van der Waals surface area contributed by atoms with E-state index in [1.54, 1.807) is 0 Å². The van der Waals surface area contributed by atoms with E-state index < -0.39 is 20.2 Å². The summed E-state index contributed by atoms with van der Waals surface area (Å²) in [6.45, 7) is 4.30. The van der Waals surface area contributed by atoms with E-state index in [4.69, 9.17) is 0 Å². The average Bonchev–Trinajstić information content (AvgIpc) is 2.37. The average molecular weight is 310 g/mol. The van der Waals surface area contributed by atoms with Crippen LogP contribution in [-0.4, -0.2) is 45.5 Å². The number of anilines is 1. The highest BCUT2D eigenvalue weighted by atomic mass is 32.2. The Hall–Kier alpha value is -1.28. The van der Waals surface area contributed by atoms with Crippen molar-refractivity contribution in [2.24, 2.45) is 0 Å². The van der Waals surface area contributed by atoms with Gasteiger partial charge in [0.25, 0.3) is 9.84 Å². The maximum Gasteiger partial charge on any atom is 0.501 e. The molecule has 1 aromatic rings. The van der Waals surface area contributed by atoms with Crippen molar-refractivity contribution in [1.82, 2.24) is 4.90 Å². The summed E-state index contributed by atoms with van der Waals surface area (Å²) in [7, 11) is -3.32. The molecule has 114 valence electrons. The van der Waals surface area contributed by atoms with Crippen LogP contribution in [0.2, 0.25) is 0 Å². The molecule has 0 saturated heterocycles. The number of alkyl halides is 3. The number of nitrogens with one attached hydrogen (secondary N) is 1. The Morgan fingerprint density at radius 1 is 1.20 bits per heavy atom. The van der Waals surface area contributed by atoms with Gasteiger partial charge in [0.1, 0.15) is 0 Å². The van der Waals surface area contributed by atoms with E-state index >= 15 is 0 Å². The van der Waals surface area contributed by atoms with Gasteiger partial charge >= 0.3 is 5.51 Å². The number of sulfone groups is 1. The molecule has 8 heteroatoms. The summed E-state index contributed by atoms with van der Waals surface area (Å²) in [6.07, 6.45) is 0. The molecule has 1 aromatic carbocycles. The smallest absolute Gasteiger partial charge is 0.384 e. The topological polar surface area (TPSA) is 49.4 Å². The first kappa shape index (κ1) is 16.8. The van der Waals surface area contributed by atoms with Crippen LogP contribution >= 0.6 is 0 Å². The third kappa shape index (κ3) is 4.11. The Morgan fingerprint density at radius 2 is 1.75 bits per heavy atom. The van der Waals surface area contributed by atoms with Crippen molar-refractivity contribution in [3.8, 4) is 0 Å². The molecule has 0 radical (unpaired) electrons. The molecular formula is C12H17F3N2O2S. The van der Waals surface area contributed by atoms with E-state index in [2.05, 4.69) is 10.2 Å². The second-order valence-corrected chi connectivity index (χ2v) is 6.24. The first-order chi connectivity index (χ1) is 9.18. The zero-order valence-corrected chi connectivity index (χ0v) is 12.1. The van der Waals surface area contributed by atoms with Crippen molar-refractivity contribution in [1.29, 1.82) is 0 Å². The first-order valence-corrected chi connectivity index (χ1v) is 7.50. The maximum absolute atomic E-state index is 12.3. The lowest BCUT2D eigenvalue weighted by molar-refractivity contribution is -0.0436. The van der Waals surface area contributed by atoms with E-state index in [0.29, 0.717) is 12.2 Å². The van der Waals surface area contributed by atoms with E-state index in [-0.39, 0.29) is 0 Å². The molecule has 1 rings (SSSR count). The third-order valence-electron chi connectivity index (χ3n) is 2.83. The molecule has 1 N–H and O–H groups in total. The second kappa shape index (κ2) is 6.45. The monoisotopic (exact) mass is 310 g/mol. The zero-order chi connectivity index (χ0) is 15.4. The molecule has 0 heterocycles. The lowest BCUT2D eigenvalue weighted by Crippen LogP contribution is -2.25. The van der Waals surface area contributed by atoms with Crippen LogP contribution in [0.3, 0.4) is 0 Å². The Morgan fingerprint density at radius 3 is 2.20 bits per heavy atom. The predicted molar refractivity (Wildman–Crippen MR) is 71.3 cm³/mol. The lowest BCUT2D eigenvalue weighted by Gasteiger charge is -2.15. The van der Waals surface area contributed by atoms with Crippen LogP contribution in [-0.2, 0) is 9.84 Å². The Balaban J connectivity index is 2.71. The van der Waals surface area contributed by atoms with Crippen molar-refractivity contribution >= 4 is 15.5 Å². The largest absolute Gasteiger partial charge is 0.501 e. The number of nitrogens with zero attached hydrogens (tertiary/aromatic N) is 1. The molecule has 0 aliphatic rings. The van der Waals surface area contributed by atoms with Crippen molar-refractivity contribution < 1.29 is 21.6 Å². The van der Waals surface area contributed by atoms with Crippen LogP contribution in [0.15, 0.2) is 29.2 Å². The molecule has 4 nitrogen and oxygen atoms in total. The van der Waals surface area contributed by atoms with Gasteiger partial charge in [0.2, 0.25) is 0 Å². The highest BCUT2D eigenvalue weighted by Gasteiger charge is 2.46. The molecule has 0 aliphatic heterocycles. The number of benzene rings is 1. The molecular weight excluding hydrogens is 293 g/mol. The number of hydrogen-bond donors (Lipinski definition) is 1. The van der Waals surface area contributed by atoms with Crippen LogP contribution in [0.4, 0.5) is 18.9 Å². The van der Waals surface area contributed by atoms with E-state index in [1.807, 2.05) is 14.0 Å². The zero-order valence-electron chi connectivity index (χ0n) is 11.2. The molecule has 0 amide bonds. The van der Waals surface area contributed by atoms with Gasteiger partial charge in [-0.25, -0.2) is 8.42 Å². The number of rotatable bonds is 6. The van der Waals surface area contributed by atoms with E-state index in [9.17, 15) is 21.6 Å². The van der Waals surface area contributed by atoms with Gasteiger partial charge < -0.3 is 10.2 Å². The molecule has 0 fully saturated rings. The van der Waals surface area contributed by atoms with Gasteiger partial charge in [-0.1, -0.05) is 6.92 Å². The minimum atomic E-state index is -5.27. The van der Waals surface area contributed by atoms with Crippen LogP contribution < -0.4 is 5.32 Å². The highest BCUT2D eigenvalue weighted by Crippen LogP contribution is 2.30. The Labute approximate surface area is 116 Å². The molecule has 0 bridgehead atoms. The van der Waals surface area contributed by atoms with Gasteiger partial charge in [0, 0.05) is 18.8 Å². The summed E-state index contributed by atoms with van der Waals surface area (Å²) in [5, 5.41) is 3.01. The minimum Gasteiger partial charge on any atom is -0.384 e. The lowest BCUT2D eigenvalue weighted by atomic mass is 10.3. The van der Waals surface area contributed by atoms with Crippen molar-refractivity contribution in [2.45, 2.75) is 17.3 Å². The Bertz CT molecular complexity index is 527. The summed E-state index contributed by atoms with van der Waals surface area (Å²) in [4.78, 5) is 1.32. The van der Waals surface area contributed by atoms with Gasteiger partial charge in [-0.05, 0) is 37.9 Å². The number of likely N-dealkylation sites (N-methyl/N-ethyl adjacent to an activating group) is 1. The van der Waals surface area contributed by atoms with Crippen LogP contribution in [0.25, 0.3) is 0 Å². The molecule has 0 spiro atoms. The van der Waals surface area contributed by atoms with Crippen molar-refractivity contribution in [2.75, 3.05) is 32.0 Å². The maximum atomic E-state index is 12.3. The molecule has 20 heavy (non-hydrogen) atoms. The Kier molecular flexibility index (Phi) is 5.41. The molecule has 0 atom stereocenters. The molecule has 0 aromatic heterocycles. The number of halogens is 3. The van der Waals surface area contributed by atoms with Gasteiger partial charge in [-0.3, -0.25) is 0 Å². The van der Waals surface area contributed by atoms with Gasteiger partial charge in [-0.15, -0.1) is 0 Å². The normalized spacial score (nSPS) is 12.7. The van der Waals surface area contributed by atoms with Crippen molar-refractivity contribution in [3.63, 3.8) is 0 Å². The predicted octanol–water partition coefficient (Wildman–Crippen LogP) is 2.34. The first-order valence-electron chi connectivity index (χ1n) is 6.02. The van der Waals surface area contributed by atoms with Crippen LogP contribution in [0.5, 0.6) is 0 Å². The van der Waals surface area contributed by atoms with Crippen LogP contribution in [0.1, 0.15) is 6.92 Å². The standard InChI is InChI=1S/C12H17F3N2O2S/c1-3-17(2)9-8-16-10-4-6-11(7-5-10)20(18,19)12(13,14)15/h4-7,16H,3,8-9H2,1-2H3. The van der Waals surface area contributed by atoms with Gasteiger partial charge in [0.05, 0.1) is 4.90 Å². The SMILES string of the molecule is CCN(C)CCNc1ccc(S(=O)(=O)C(F)(F)F)cc1. The molecule has 0 unspecified atom stereocenters. The summed E-state index contributed by atoms with van der Waals surface area (Å²) in [6, 6.07) is 4.55. The van der Waals surface area contributed by atoms with Gasteiger partial charge in [0.15, 0.2) is 0 Å². The second-order valence-electron chi connectivity index (χ2n) is 4.30. The summed E-state index contributed by atoms with van der Waals surface area (Å²) >= 11 is 0. The third-order valence-corrected chi connectivity index (χ3v) is 4.33. The van der Waals surface area contributed by atoms with Gasteiger partial charge in [-0.2, -0.15) is 13.2 Å². The number of hydrogen-bond acceptors (Lipinski definition) is 4. The molecule has 0 saturated carbocycles. The summed E-state index contributed by atoms with van der Waals surface area (Å²) < 4.78 is 59.3. The fraction of sp³-hybridized carbons (Fsp3) is 0.500. The fourth-order valence-electron chi connectivity index (χ4n) is 1.43. The minimum absolute atomic E-state index is 0.579. The summed E-state index contributed by atoms with van der Waals surface area (Å²) in [5.41, 5.74) is -4.69. The van der Waals surface area contributed by atoms with Crippen molar-refractivity contribution in [3.05, 3.63) is 24.3 Å². The summed E-state index contributed by atoms with van der Waals surface area (Å²) in [5.74, 6) is 0. The van der Waals surface area contributed by atoms with Crippen LogP contribution in [0, 0.1) is 0 Å². The quantitative estimate of drug-likeness (QED) is 0.876. The molecule has 0 aliphatic carbocycles. The van der Waals surface area contributed by atoms with E-state index in [1.165, 1.54) is 12.1 Å². The highest BCUT2D eigenvalue weighted by molar-refractivity contribution is 7.92. The van der Waals surface area contributed by atoms with E-state index in [0.717, 1.165) is 25.2 Å². The fourth-order valence-corrected chi connectivity index (χ4v) is 2.20.